The van der Waals surface area contributed by atoms with Crippen LogP contribution in [0.25, 0.3) is 0 Å². The summed E-state index contributed by atoms with van der Waals surface area (Å²) in [7, 11) is 0. The standard InChI is InChI=1S/C22H25N3O2S/c1-22(2)21(27)23-16-5-3-4-6-17(16)25(22)19(26)13-24-11-9-18-15(10-12-28-18)20(24)14-7-8-14/h3-6,10,12,14,20H,7-9,11,13H2,1-2H3,(H,23,27)/p+1/t20-/m0/s1. The highest BCUT2D eigenvalue weighted by atomic mass is 32.1. The van der Waals surface area contributed by atoms with Crippen molar-refractivity contribution < 1.29 is 14.5 Å². The number of hydrogen-bond donors (Lipinski definition) is 2. The first-order valence-corrected chi connectivity index (χ1v) is 11.0. The Kier molecular flexibility index (Phi) is 4.10. The number of amides is 2. The van der Waals surface area contributed by atoms with E-state index in [1.807, 2.05) is 49.4 Å². The second-order valence-electron chi connectivity index (χ2n) is 8.71. The normalized spacial score (nSPS) is 25.6. The maximum atomic E-state index is 13.6. The number of thiophene rings is 1. The number of carbonyl (C=O) groups is 2. The van der Waals surface area contributed by atoms with Crippen LogP contribution in [0.1, 0.15) is 43.2 Å². The van der Waals surface area contributed by atoms with Gasteiger partial charge in [-0.15, -0.1) is 11.3 Å². The van der Waals surface area contributed by atoms with Crippen LogP contribution >= 0.6 is 11.3 Å². The minimum atomic E-state index is -0.900. The number of quaternary nitrogens is 1. The summed E-state index contributed by atoms with van der Waals surface area (Å²) in [5, 5.41) is 5.14. The predicted molar refractivity (Wildman–Crippen MR) is 111 cm³/mol. The van der Waals surface area contributed by atoms with Crippen molar-refractivity contribution in [3.8, 4) is 0 Å². The Morgan fingerprint density at radius 1 is 1.29 bits per heavy atom. The minimum Gasteiger partial charge on any atom is -0.322 e. The predicted octanol–water partition coefficient (Wildman–Crippen LogP) is 2.40. The largest absolute Gasteiger partial charge is 0.322 e. The number of fused-ring (bicyclic) bond motifs is 2. The van der Waals surface area contributed by atoms with Crippen molar-refractivity contribution in [2.75, 3.05) is 23.3 Å². The molecular formula is C22H26N3O2S+. The van der Waals surface area contributed by atoms with E-state index >= 15 is 0 Å². The minimum absolute atomic E-state index is 0.0339. The Balaban J connectivity index is 1.46. The second-order valence-corrected chi connectivity index (χ2v) is 9.71. The van der Waals surface area contributed by atoms with Crippen LogP contribution in [0.5, 0.6) is 0 Å². The van der Waals surface area contributed by atoms with E-state index in [9.17, 15) is 9.59 Å². The summed E-state index contributed by atoms with van der Waals surface area (Å²) in [6, 6.07) is 10.3. The fourth-order valence-electron chi connectivity index (χ4n) is 4.87. The molecule has 6 heteroatoms. The highest BCUT2D eigenvalue weighted by molar-refractivity contribution is 7.10. The number of nitrogens with zero attached hydrogens (tertiary/aromatic N) is 1. The van der Waals surface area contributed by atoms with Gasteiger partial charge in [0.05, 0.1) is 17.9 Å². The van der Waals surface area contributed by atoms with E-state index in [1.54, 1.807) is 4.90 Å². The van der Waals surface area contributed by atoms with Crippen LogP contribution in [0.2, 0.25) is 0 Å². The lowest BCUT2D eigenvalue weighted by molar-refractivity contribution is -0.928. The van der Waals surface area contributed by atoms with E-state index in [-0.39, 0.29) is 11.8 Å². The number of anilines is 2. The van der Waals surface area contributed by atoms with Gasteiger partial charge in [0.15, 0.2) is 6.54 Å². The van der Waals surface area contributed by atoms with Gasteiger partial charge in [-0.1, -0.05) is 12.1 Å². The van der Waals surface area contributed by atoms with Gasteiger partial charge in [0, 0.05) is 22.8 Å². The van der Waals surface area contributed by atoms with Crippen molar-refractivity contribution in [2.45, 2.75) is 44.7 Å². The van der Waals surface area contributed by atoms with E-state index in [2.05, 4.69) is 16.8 Å². The number of para-hydroxylation sites is 2. The fourth-order valence-corrected chi connectivity index (χ4v) is 5.80. The summed E-state index contributed by atoms with van der Waals surface area (Å²) in [5.74, 6) is 0.597. The summed E-state index contributed by atoms with van der Waals surface area (Å²) in [4.78, 5) is 30.8. The molecule has 0 spiro atoms. The molecule has 1 saturated carbocycles. The first-order valence-electron chi connectivity index (χ1n) is 10.1. The van der Waals surface area contributed by atoms with Crippen molar-refractivity contribution in [3.63, 3.8) is 0 Å². The molecule has 1 aliphatic carbocycles. The quantitative estimate of drug-likeness (QED) is 0.837. The van der Waals surface area contributed by atoms with Crippen LogP contribution in [0.3, 0.4) is 0 Å². The second kappa shape index (κ2) is 6.42. The number of benzene rings is 1. The van der Waals surface area contributed by atoms with Gasteiger partial charge in [0.1, 0.15) is 11.6 Å². The lowest BCUT2D eigenvalue weighted by Crippen LogP contribution is -3.14. The Bertz CT molecular complexity index is 947. The third-order valence-corrected chi connectivity index (χ3v) is 7.45. The highest BCUT2D eigenvalue weighted by Crippen LogP contribution is 2.42. The van der Waals surface area contributed by atoms with Crippen molar-refractivity contribution in [2.24, 2.45) is 5.92 Å². The smallest absolute Gasteiger partial charge is 0.283 e. The summed E-state index contributed by atoms with van der Waals surface area (Å²) >= 11 is 1.85. The maximum Gasteiger partial charge on any atom is 0.283 e. The molecule has 1 fully saturated rings. The van der Waals surface area contributed by atoms with Gasteiger partial charge in [-0.3, -0.25) is 14.5 Å². The Morgan fingerprint density at radius 3 is 2.86 bits per heavy atom. The monoisotopic (exact) mass is 396 g/mol. The Morgan fingerprint density at radius 2 is 2.07 bits per heavy atom. The zero-order valence-electron chi connectivity index (χ0n) is 16.3. The molecule has 1 aromatic heterocycles. The van der Waals surface area contributed by atoms with Gasteiger partial charge >= 0.3 is 0 Å². The highest BCUT2D eigenvalue weighted by Gasteiger charge is 2.47. The molecule has 28 heavy (non-hydrogen) atoms. The molecule has 146 valence electrons. The number of nitrogens with one attached hydrogen (secondary N) is 2. The van der Waals surface area contributed by atoms with Crippen LogP contribution in [-0.2, 0) is 16.0 Å². The average molecular weight is 397 g/mol. The van der Waals surface area contributed by atoms with Crippen molar-refractivity contribution in [3.05, 3.63) is 46.2 Å². The molecule has 2 N–H and O–H groups in total. The lowest BCUT2D eigenvalue weighted by Gasteiger charge is -2.43. The van der Waals surface area contributed by atoms with Crippen LogP contribution < -0.4 is 15.1 Å². The molecule has 2 aliphatic heterocycles. The molecular weight excluding hydrogens is 370 g/mol. The molecule has 0 radical (unpaired) electrons. The molecule has 1 aromatic carbocycles. The van der Waals surface area contributed by atoms with Crippen LogP contribution in [0.4, 0.5) is 11.4 Å². The molecule has 5 nitrogen and oxygen atoms in total. The Labute approximate surface area is 169 Å². The third-order valence-electron chi connectivity index (χ3n) is 6.46. The SMILES string of the molecule is CC1(C)C(=O)Nc2ccccc2N1C(=O)C[NH+]1CCc2sccc2[C@@H]1C1CC1. The zero-order valence-corrected chi connectivity index (χ0v) is 17.1. The van der Waals surface area contributed by atoms with Gasteiger partial charge in [-0.25, -0.2) is 0 Å². The molecule has 2 amide bonds. The summed E-state index contributed by atoms with van der Waals surface area (Å²) in [6.07, 6.45) is 3.56. The van der Waals surface area contributed by atoms with Gasteiger partial charge in [-0.2, -0.15) is 0 Å². The average Bonchev–Trinajstić information content (AvgIpc) is 3.38. The zero-order chi connectivity index (χ0) is 19.5. The summed E-state index contributed by atoms with van der Waals surface area (Å²) in [6.45, 7) is 5.08. The molecule has 3 heterocycles. The number of rotatable bonds is 3. The molecule has 0 bridgehead atoms. The van der Waals surface area contributed by atoms with Crippen molar-refractivity contribution >= 4 is 34.5 Å². The van der Waals surface area contributed by atoms with Gasteiger partial charge in [0.25, 0.3) is 5.91 Å². The molecule has 2 aromatic rings. The fraction of sp³-hybridized carbons (Fsp3) is 0.455. The molecule has 0 saturated heterocycles. The van der Waals surface area contributed by atoms with Gasteiger partial charge < -0.3 is 10.2 Å². The van der Waals surface area contributed by atoms with Crippen molar-refractivity contribution in [1.29, 1.82) is 0 Å². The molecule has 5 rings (SSSR count). The van der Waals surface area contributed by atoms with Crippen molar-refractivity contribution in [1.82, 2.24) is 0 Å². The topological polar surface area (TPSA) is 53.9 Å². The third kappa shape index (κ3) is 2.78. The first-order chi connectivity index (χ1) is 13.5. The summed E-state index contributed by atoms with van der Waals surface area (Å²) in [5.41, 5.74) is 2.07. The van der Waals surface area contributed by atoms with E-state index in [4.69, 9.17) is 0 Å². The van der Waals surface area contributed by atoms with E-state index in [0.717, 1.165) is 18.7 Å². The van der Waals surface area contributed by atoms with Gasteiger partial charge in [0.2, 0.25) is 5.91 Å². The van der Waals surface area contributed by atoms with E-state index in [0.29, 0.717) is 24.2 Å². The van der Waals surface area contributed by atoms with E-state index < -0.39 is 5.54 Å². The van der Waals surface area contributed by atoms with Crippen LogP contribution in [0.15, 0.2) is 35.7 Å². The molecule has 3 aliphatic rings. The first kappa shape index (κ1) is 17.9. The number of hydrogen-bond acceptors (Lipinski definition) is 3. The number of carbonyl (C=O) groups excluding carboxylic acids is 2. The molecule has 2 atom stereocenters. The molecule has 1 unspecified atom stereocenters. The van der Waals surface area contributed by atoms with Crippen LogP contribution in [-0.4, -0.2) is 30.4 Å². The lowest BCUT2D eigenvalue weighted by atomic mass is 9.94. The van der Waals surface area contributed by atoms with Crippen LogP contribution in [0, 0.1) is 5.92 Å². The maximum absolute atomic E-state index is 13.6. The summed E-state index contributed by atoms with van der Waals surface area (Å²) < 4.78 is 0. The van der Waals surface area contributed by atoms with E-state index in [1.165, 1.54) is 28.2 Å². The van der Waals surface area contributed by atoms with Gasteiger partial charge in [-0.05, 0) is 50.3 Å². The Hall–Kier alpha value is -2.18.